The van der Waals surface area contributed by atoms with Crippen LogP contribution in [0.1, 0.15) is 5.56 Å². The lowest BCUT2D eigenvalue weighted by Gasteiger charge is -2.34. The fraction of sp³-hybridized carbons (Fsp3) is 0.462. The largest absolute Gasteiger partial charge is 0.358 e. The summed E-state index contributed by atoms with van der Waals surface area (Å²) in [7, 11) is -2.16. The van der Waals surface area contributed by atoms with Crippen molar-refractivity contribution < 1.29 is 13.2 Å². The number of rotatable bonds is 3. The maximum Gasteiger partial charge on any atom is 0.244 e. The number of carbonyl (C=O) groups excluding carboxylic acids is 1. The molecule has 1 aliphatic rings. The SMILES string of the molecule is CNC(=O)C1CNCCN1S(=O)(=O)c1ccccc1C. The topological polar surface area (TPSA) is 78.5 Å². The maximum absolute atomic E-state index is 12.8. The molecule has 0 radical (unpaired) electrons. The number of carbonyl (C=O) groups is 1. The van der Waals surface area contributed by atoms with E-state index in [-0.39, 0.29) is 17.3 Å². The monoisotopic (exact) mass is 297 g/mol. The van der Waals surface area contributed by atoms with Crippen LogP contribution in [0.3, 0.4) is 0 Å². The lowest BCUT2D eigenvalue weighted by Crippen LogP contribution is -2.59. The Morgan fingerprint density at radius 2 is 2.10 bits per heavy atom. The first-order chi connectivity index (χ1) is 9.48. The predicted octanol–water partition coefficient (Wildman–Crippen LogP) is -0.296. The third-order valence-electron chi connectivity index (χ3n) is 3.42. The first kappa shape index (κ1) is 15.0. The summed E-state index contributed by atoms with van der Waals surface area (Å²) in [6.45, 7) is 2.90. The molecule has 0 aliphatic carbocycles. The van der Waals surface area contributed by atoms with Gasteiger partial charge in [-0.05, 0) is 18.6 Å². The van der Waals surface area contributed by atoms with E-state index in [0.717, 1.165) is 0 Å². The molecule has 2 N–H and O–H groups in total. The van der Waals surface area contributed by atoms with Gasteiger partial charge in [-0.1, -0.05) is 18.2 Å². The van der Waals surface area contributed by atoms with Gasteiger partial charge in [0.05, 0.1) is 4.90 Å². The van der Waals surface area contributed by atoms with Crippen molar-refractivity contribution in [3.63, 3.8) is 0 Å². The van der Waals surface area contributed by atoms with Gasteiger partial charge in [-0.2, -0.15) is 4.31 Å². The summed E-state index contributed by atoms with van der Waals surface area (Å²) in [5, 5.41) is 5.57. The second-order valence-electron chi connectivity index (χ2n) is 4.72. The minimum absolute atomic E-state index is 0.260. The summed E-state index contributed by atoms with van der Waals surface area (Å²) in [5.41, 5.74) is 0.682. The van der Waals surface area contributed by atoms with Crippen LogP contribution >= 0.6 is 0 Å². The number of nitrogens with zero attached hydrogens (tertiary/aromatic N) is 1. The van der Waals surface area contributed by atoms with E-state index < -0.39 is 16.1 Å². The molecule has 0 spiro atoms. The summed E-state index contributed by atoms with van der Waals surface area (Å²) in [6, 6.07) is 6.11. The van der Waals surface area contributed by atoms with E-state index in [1.165, 1.54) is 11.4 Å². The van der Waals surface area contributed by atoms with E-state index >= 15 is 0 Å². The highest BCUT2D eigenvalue weighted by molar-refractivity contribution is 7.89. The first-order valence-electron chi connectivity index (χ1n) is 6.48. The molecule has 20 heavy (non-hydrogen) atoms. The Bertz CT molecular complexity index is 601. The fourth-order valence-corrected chi connectivity index (χ4v) is 4.15. The van der Waals surface area contributed by atoms with Gasteiger partial charge < -0.3 is 10.6 Å². The second kappa shape index (κ2) is 5.90. The average molecular weight is 297 g/mol. The van der Waals surface area contributed by atoms with Crippen molar-refractivity contribution in [2.45, 2.75) is 17.9 Å². The van der Waals surface area contributed by atoms with Crippen LogP contribution in [0.25, 0.3) is 0 Å². The quantitative estimate of drug-likeness (QED) is 0.803. The van der Waals surface area contributed by atoms with E-state index in [4.69, 9.17) is 0 Å². The van der Waals surface area contributed by atoms with Crippen molar-refractivity contribution in [2.75, 3.05) is 26.7 Å². The zero-order valence-corrected chi connectivity index (χ0v) is 12.4. The Balaban J connectivity index is 2.41. The van der Waals surface area contributed by atoms with Gasteiger partial charge in [-0.3, -0.25) is 4.79 Å². The van der Waals surface area contributed by atoms with E-state index in [1.807, 2.05) is 0 Å². The Morgan fingerprint density at radius 1 is 1.40 bits per heavy atom. The number of aryl methyl sites for hydroxylation is 1. The smallest absolute Gasteiger partial charge is 0.244 e. The Hall–Kier alpha value is -1.44. The van der Waals surface area contributed by atoms with E-state index in [2.05, 4.69) is 10.6 Å². The molecule has 110 valence electrons. The molecule has 1 heterocycles. The molecular formula is C13H19N3O3S. The van der Waals surface area contributed by atoms with Crippen LogP contribution in [0.5, 0.6) is 0 Å². The minimum Gasteiger partial charge on any atom is -0.358 e. The number of nitrogens with one attached hydrogen (secondary N) is 2. The van der Waals surface area contributed by atoms with Gasteiger partial charge >= 0.3 is 0 Å². The first-order valence-corrected chi connectivity index (χ1v) is 7.92. The molecule has 0 bridgehead atoms. The number of benzene rings is 1. The number of hydrogen-bond acceptors (Lipinski definition) is 4. The molecule has 7 heteroatoms. The van der Waals surface area contributed by atoms with Crippen molar-refractivity contribution in [1.29, 1.82) is 0 Å². The van der Waals surface area contributed by atoms with Gasteiger partial charge in [0.15, 0.2) is 0 Å². The van der Waals surface area contributed by atoms with Gasteiger partial charge in [0.2, 0.25) is 15.9 Å². The number of hydrogen-bond donors (Lipinski definition) is 2. The number of sulfonamides is 1. The molecule has 1 aliphatic heterocycles. The average Bonchev–Trinajstić information content (AvgIpc) is 2.46. The Morgan fingerprint density at radius 3 is 2.75 bits per heavy atom. The van der Waals surface area contributed by atoms with Crippen molar-refractivity contribution in [3.8, 4) is 0 Å². The van der Waals surface area contributed by atoms with E-state index in [1.54, 1.807) is 31.2 Å². The van der Waals surface area contributed by atoms with Crippen LogP contribution in [0.15, 0.2) is 29.2 Å². The normalized spacial score (nSPS) is 20.6. The molecule has 1 fully saturated rings. The predicted molar refractivity (Wildman–Crippen MR) is 75.8 cm³/mol. The molecule has 1 aromatic carbocycles. The molecule has 1 saturated heterocycles. The fourth-order valence-electron chi connectivity index (χ4n) is 2.34. The standard InChI is InChI=1S/C13H19N3O3S/c1-10-5-3-4-6-12(10)20(18,19)16-8-7-15-9-11(16)13(17)14-2/h3-6,11,15H,7-9H2,1-2H3,(H,14,17). The highest BCUT2D eigenvalue weighted by Crippen LogP contribution is 2.22. The molecule has 6 nitrogen and oxygen atoms in total. The highest BCUT2D eigenvalue weighted by atomic mass is 32.2. The van der Waals surface area contributed by atoms with Crippen molar-refractivity contribution in [3.05, 3.63) is 29.8 Å². The van der Waals surface area contributed by atoms with Gasteiger partial charge in [0, 0.05) is 26.7 Å². The molecular weight excluding hydrogens is 278 g/mol. The van der Waals surface area contributed by atoms with Crippen molar-refractivity contribution >= 4 is 15.9 Å². The van der Waals surface area contributed by atoms with Crippen LogP contribution in [0, 0.1) is 6.92 Å². The molecule has 1 unspecified atom stereocenters. The van der Waals surface area contributed by atoms with Crippen LogP contribution in [-0.4, -0.2) is 51.4 Å². The van der Waals surface area contributed by atoms with Crippen LogP contribution in [0.4, 0.5) is 0 Å². The van der Waals surface area contributed by atoms with E-state index in [9.17, 15) is 13.2 Å². The van der Waals surface area contributed by atoms with Gasteiger partial charge in [-0.25, -0.2) is 8.42 Å². The van der Waals surface area contributed by atoms with Gasteiger partial charge in [-0.15, -0.1) is 0 Å². The number of likely N-dealkylation sites (N-methyl/N-ethyl adjacent to an activating group) is 1. The summed E-state index contributed by atoms with van der Waals surface area (Å²) >= 11 is 0. The highest BCUT2D eigenvalue weighted by Gasteiger charge is 2.37. The Kier molecular flexibility index (Phi) is 4.42. The van der Waals surface area contributed by atoms with Crippen molar-refractivity contribution in [1.82, 2.24) is 14.9 Å². The summed E-state index contributed by atoms with van der Waals surface area (Å²) < 4.78 is 26.8. The third-order valence-corrected chi connectivity index (χ3v) is 5.49. The van der Waals surface area contributed by atoms with Gasteiger partial charge in [0.1, 0.15) is 6.04 Å². The zero-order valence-electron chi connectivity index (χ0n) is 11.6. The van der Waals surface area contributed by atoms with Crippen LogP contribution < -0.4 is 10.6 Å². The number of amides is 1. The Labute approximate surface area is 119 Å². The summed E-state index contributed by atoms with van der Waals surface area (Å²) in [5.74, 6) is -0.297. The summed E-state index contributed by atoms with van der Waals surface area (Å²) in [6.07, 6.45) is 0. The minimum atomic E-state index is -3.66. The second-order valence-corrected chi connectivity index (χ2v) is 6.57. The van der Waals surface area contributed by atoms with Gasteiger partial charge in [0.25, 0.3) is 0 Å². The van der Waals surface area contributed by atoms with E-state index in [0.29, 0.717) is 18.7 Å². The zero-order chi connectivity index (χ0) is 14.8. The molecule has 1 atom stereocenters. The molecule has 0 saturated carbocycles. The molecule has 1 aromatic rings. The van der Waals surface area contributed by atoms with Crippen molar-refractivity contribution in [2.24, 2.45) is 0 Å². The number of piperazine rings is 1. The lowest BCUT2D eigenvalue weighted by atomic mass is 10.2. The van der Waals surface area contributed by atoms with Crippen LogP contribution in [-0.2, 0) is 14.8 Å². The molecule has 1 amide bonds. The summed E-state index contributed by atoms with van der Waals surface area (Å²) in [4.78, 5) is 12.1. The maximum atomic E-state index is 12.8. The lowest BCUT2D eigenvalue weighted by molar-refractivity contribution is -0.124. The molecule has 2 rings (SSSR count). The third kappa shape index (κ3) is 2.70. The molecule has 0 aromatic heterocycles. The van der Waals surface area contributed by atoms with Crippen LogP contribution in [0.2, 0.25) is 0 Å².